The molecule has 0 aromatic rings. The Bertz CT molecular complexity index is 215. The number of carbonyl (C=O) groups excluding carboxylic acids is 1. The van der Waals surface area contributed by atoms with Crippen LogP contribution in [0, 0.1) is 0 Å². The average Bonchev–Trinajstić information content (AvgIpc) is 2.27. The van der Waals surface area contributed by atoms with Crippen molar-refractivity contribution in [1.29, 1.82) is 0 Å². The fraction of sp³-hybridized carbons (Fsp3) is 0.909. The number of nitrogens with zero attached hydrogens (tertiary/aromatic N) is 2. The van der Waals surface area contributed by atoms with Crippen LogP contribution >= 0.6 is 0 Å². The van der Waals surface area contributed by atoms with Crippen LogP contribution in [0.25, 0.3) is 0 Å². The number of aliphatic hydroxyl groups excluding tert-OH is 1. The molecular weight excluding hydrogens is 208 g/mol. The molecule has 1 saturated heterocycles. The summed E-state index contributed by atoms with van der Waals surface area (Å²) in [5.74, 6) is 0.134. The van der Waals surface area contributed by atoms with Crippen molar-refractivity contribution in [2.24, 2.45) is 0 Å². The second-order valence-corrected chi connectivity index (χ2v) is 4.12. The second kappa shape index (κ2) is 6.83. The van der Waals surface area contributed by atoms with Crippen LogP contribution in [0.5, 0.6) is 0 Å². The molecule has 1 rings (SSSR count). The first-order valence-corrected chi connectivity index (χ1v) is 5.87. The molecule has 94 valence electrons. The zero-order chi connectivity index (χ0) is 12.0. The van der Waals surface area contributed by atoms with Crippen molar-refractivity contribution in [3.63, 3.8) is 0 Å². The van der Waals surface area contributed by atoms with E-state index in [9.17, 15) is 9.90 Å². The van der Waals surface area contributed by atoms with Gasteiger partial charge in [-0.2, -0.15) is 0 Å². The zero-order valence-electron chi connectivity index (χ0n) is 10.2. The van der Waals surface area contributed by atoms with Gasteiger partial charge in [0.2, 0.25) is 5.91 Å². The molecule has 0 aromatic carbocycles. The summed E-state index contributed by atoms with van der Waals surface area (Å²) in [6.07, 6.45) is -0.427. The molecule has 1 aliphatic rings. The lowest BCUT2D eigenvalue weighted by molar-refractivity contribution is -0.130. The Morgan fingerprint density at radius 1 is 1.38 bits per heavy atom. The summed E-state index contributed by atoms with van der Waals surface area (Å²) in [7, 11) is 0. The number of β-amino-alcohol motifs (C(OH)–C–C–N with tert-alkyl or cyclic N) is 1. The average molecular weight is 230 g/mol. The molecule has 0 spiro atoms. The second-order valence-electron chi connectivity index (χ2n) is 4.12. The number of amides is 1. The van der Waals surface area contributed by atoms with E-state index in [0.717, 1.165) is 26.2 Å². The van der Waals surface area contributed by atoms with E-state index in [4.69, 9.17) is 4.74 Å². The van der Waals surface area contributed by atoms with Crippen LogP contribution in [-0.2, 0) is 9.53 Å². The van der Waals surface area contributed by atoms with E-state index >= 15 is 0 Å². The van der Waals surface area contributed by atoms with Gasteiger partial charge in [-0.15, -0.1) is 0 Å². The van der Waals surface area contributed by atoms with Gasteiger partial charge >= 0.3 is 0 Å². The minimum atomic E-state index is -0.427. The fourth-order valence-corrected chi connectivity index (χ4v) is 1.85. The smallest absolute Gasteiger partial charge is 0.219 e. The van der Waals surface area contributed by atoms with Crippen molar-refractivity contribution in [3.8, 4) is 0 Å². The Morgan fingerprint density at radius 3 is 2.50 bits per heavy atom. The molecular formula is C11H22N2O3. The molecule has 1 atom stereocenters. The van der Waals surface area contributed by atoms with Crippen LogP contribution in [0.3, 0.4) is 0 Å². The summed E-state index contributed by atoms with van der Waals surface area (Å²) in [5.41, 5.74) is 0. The predicted octanol–water partition coefficient (Wildman–Crippen LogP) is -0.452. The van der Waals surface area contributed by atoms with E-state index < -0.39 is 6.10 Å². The Kier molecular flexibility index (Phi) is 5.73. The quantitative estimate of drug-likeness (QED) is 0.695. The molecule has 1 amide bonds. The largest absolute Gasteiger partial charge is 0.389 e. The van der Waals surface area contributed by atoms with Crippen LogP contribution < -0.4 is 0 Å². The molecule has 0 radical (unpaired) electrons. The molecule has 16 heavy (non-hydrogen) atoms. The monoisotopic (exact) mass is 230 g/mol. The van der Waals surface area contributed by atoms with E-state index in [2.05, 4.69) is 4.90 Å². The maximum atomic E-state index is 11.1. The summed E-state index contributed by atoms with van der Waals surface area (Å²) in [6, 6.07) is 0. The Morgan fingerprint density at radius 2 is 2.00 bits per heavy atom. The van der Waals surface area contributed by atoms with Crippen LogP contribution in [0.2, 0.25) is 0 Å². The van der Waals surface area contributed by atoms with Crippen molar-refractivity contribution >= 4 is 5.91 Å². The van der Waals surface area contributed by atoms with Crippen LogP contribution in [-0.4, -0.2) is 72.9 Å². The van der Waals surface area contributed by atoms with Gasteiger partial charge in [-0.3, -0.25) is 9.69 Å². The molecule has 0 aromatic heterocycles. The molecule has 0 saturated carbocycles. The number of hydrogen-bond donors (Lipinski definition) is 1. The number of carbonyl (C=O) groups is 1. The van der Waals surface area contributed by atoms with Crippen LogP contribution in [0.4, 0.5) is 0 Å². The SMILES string of the molecule is CCOCC(O)CN1CCN(C(C)=O)CC1. The first-order chi connectivity index (χ1) is 7.63. The maximum absolute atomic E-state index is 11.1. The van der Waals surface area contributed by atoms with E-state index in [1.165, 1.54) is 0 Å². The Labute approximate surface area is 97.0 Å². The minimum Gasteiger partial charge on any atom is -0.389 e. The minimum absolute atomic E-state index is 0.134. The van der Waals surface area contributed by atoms with Gasteiger partial charge < -0.3 is 14.7 Å². The van der Waals surface area contributed by atoms with E-state index in [0.29, 0.717) is 19.8 Å². The van der Waals surface area contributed by atoms with Crippen molar-refractivity contribution in [2.45, 2.75) is 20.0 Å². The summed E-state index contributed by atoms with van der Waals surface area (Å²) in [5, 5.41) is 9.66. The van der Waals surface area contributed by atoms with Gasteiger partial charge in [0.15, 0.2) is 0 Å². The molecule has 1 fully saturated rings. The highest BCUT2D eigenvalue weighted by Gasteiger charge is 2.20. The lowest BCUT2D eigenvalue weighted by atomic mass is 10.2. The van der Waals surface area contributed by atoms with Gasteiger partial charge in [-0.1, -0.05) is 0 Å². The van der Waals surface area contributed by atoms with Crippen LogP contribution in [0.15, 0.2) is 0 Å². The van der Waals surface area contributed by atoms with Crippen molar-refractivity contribution in [2.75, 3.05) is 45.9 Å². The van der Waals surface area contributed by atoms with Gasteiger partial charge in [0, 0.05) is 46.3 Å². The van der Waals surface area contributed by atoms with E-state index in [1.54, 1.807) is 6.92 Å². The highest BCUT2D eigenvalue weighted by Crippen LogP contribution is 2.03. The molecule has 1 heterocycles. The molecule has 0 bridgehead atoms. The lowest BCUT2D eigenvalue weighted by Gasteiger charge is -2.35. The standard InChI is InChI=1S/C11H22N2O3/c1-3-16-9-11(15)8-12-4-6-13(7-5-12)10(2)14/h11,15H,3-9H2,1-2H3. The van der Waals surface area contributed by atoms with E-state index in [1.807, 2.05) is 11.8 Å². The summed E-state index contributed by atoms with van der Waals surface area (Å²) < 4.78 is 5.15. The third-order valence-electron chi connectivity index (χ3n) is 2.80. The van der Waals surface area contributed by atoms with Gasteiger partial charge in [0.25, 0.3) is 0 Å². The van der Waals surface area contributed by atoms with Crippen molar-refractivity contribution in [1.82, 2.24) is 9.80 Å². The highest BCUT2D eigenvalue weighted by molar-refractivity contribution is 5.73. The topological polar surface area (TPSA) is 53.0 Å². The van der Waals surface area contributed by atoms with Crippen molar-refractivity contribution in [3.05, 3.63) is 0 Å². The normalized spacial score (nSPS) is 19.8. The summed E-state index contributed by atoms with van der Waals surface area (Å²) >= 11 is 0. The Hall–Kier alpha value is -0.650. The third-order valence-corrected chi connectivity index (χ3v) is 2.80. The third kappa shape index (κ3) is 4.47. The number of aliphatic hydroxyl groups is 1. The Balaban J connectivity index is 2.18. The van der Waals surface area contributed by atoms with Gasteiger partial charge in [-0.05, 0) is 6.92 Å². The summed E-state index contributed by atoms with van der Waals surface area (Å²) in [4.78, 5) is 15.1. The van der Waals surface area contributed by atoms with Gasteiger partial charge in [0.1, 0.15) is 0 Å². The molecule has 5 heteroatoms. The number of piperazine rings is 1. The predicted molar refractivity (Wildman–Crippen MR) is 61.2 cm³/mol. The zero-order valence-corrected chi connectivity index (χ0v) is 10.2. The maximum Gasteiger partial charge on any atom is 0.219 e. The molecule has 5 nitrogen and oxygen atoms in total. The number of rotatable bonds is 5. The number of hydrogen-bond acceptors (Lipinski definition) is 4. The van der Waals surface area contributed by atoms with Gasteiger partial charge in [-0.25, -0.2) is 0 Å². The summed E-state index contributed by atoms with van der Waals surface area (Å²) in [6.45, 7) is 8.36. The molecule has 0 aliphatic carbocycles. The first kappa shape index (κ1) is 13.4. The fourth-order valence-electron chi connectivity index (χ4n) is 1.85. The van der Waals surface area contributed by atoms with Crippen molar-refractivity contribution < 1.29 is 14.6 Å². The number of ether oxygens (including phenoxy) is 1. The van der Waals surface area contributed by atoms with Gasteiger partial charge in [0.05, 0.1) is 12.7 Å². The van der Waals surface area contributed by atoms with Crippen LogP contribution in [0.1, 0.15) is 13.8 Å². The van der Waals surface area contributed by atoms with E-state index in [-0.39, 0.29) is 5.91 Å². The first-order valence-electron chi connectivity index (χ1n) is 5.87. The lowest BCUT2D eigenvalue weighted by Crippen LogP contribution is -2.50. The molecule has 1 aliphatic heterocycles. The molecule has 1 unspecified atom stereocenters. The highest BCUT2D eigenvalue weighted by atomic mass is 16.5. The molecule has 1 N–H and O–H groups in total.